The van der Waals surface area contributed by atoms with Crippen LogP contribution in [-0.4, -0.2) is 83.5 Å². The number of hydrogen-bond acceptors (Lipinski definition) is 10. The predicted octanol–water partition coefficient (Wildman–Crippen LogP) is 0.600. The van der Waals surface area contributed by atoms with E-state index in [2.05, 4.69) is 9.97 Å². The van der Waals surface area contributed by atoms with Crippen LogP contribution in [0.5, 0.6) is 5.75 Å². The van der Waals surface area contributed by atoms with Crippen molar-refractivity contribution in [2.45, 2.75) is 77.5 Å². The summed E-state index contributed by atoms with van der Waals surface area (Å²) < 4.78 is 0. The minimum absolute atomic E-state index is 0.0718. The number of benzene rings is 1. The van der Waals surface area contributed by atoms with Crippen molar-refractivity contribution in [2.75, 3.05) is 0 Å². The van der Waals surface area contributed by atoms with Crippen LogP contribution in [0.1, 0.15) is 51.8 Å². The van der Waals surface area contributed by atoms with Crippen LogP contribution in [0, 0.1) is 11.8 Å². The molecule has 0 fully saturated rings. The minimum atomic E-state index is -1.02. The molecule has 0 saturated carbocycles. The van der Waals surface area contributed by atoms with Gasteiger partial charge in [0.25, 0.3) is 0 Å². The highest BCUT2D eigenvalue weighted by atomic mass is 16.4. The Balaban J connectivity index is 0. The van der Waals surface area contributed by atoms with E-state index in [-0.39, 0.29) is 24.5 Å². The molecule has 15 nitrogen and oxygen atoms in total. The molecule has 0 radical (unpaired) electrons. The molecule has 42 heavy (non-hydrogen) atoms. The Kier molecular flexibility index (Phi) is 20.7. The molecule has 5 atom stereocenters. The zero-order valence-electron chi connectivity index (χ0n) is 24.4. The Morgan fingerprint density at radius 1 is 0.786 bits per heavy atom. The van der Waals surface area contributed by atoms with Crippen molar-refractivity contribution >= 4 is 23.9 Å². The van der Waals surface area contributed by atoms with Gasteiger partial charge in [-0.3, -0.25) is 19.2 Å². The molecular formula is C27H46N6O9. The third-order valence-electron chi connectivity index (χ3n) is 5.61. The molecule has 0 saturated heterocycles. The summed E-state index contributed by atoms with van der Waals surface area (Å²) in [5.41, 5.74) is 22.6. The van der Waals surface area contributed by atoms with Crippen molar-refractivity contribution < 1.29 is 44.7 Å². The van der Waals surface area contributed by atoms with Gasteiger partial charge < -0.3 is 53.5 Å². The predicted molar refractivity (Wildman–Crippen MR) is 155 cm³/mol. The lowest BCUT2D eigenvalue weighted by Crippen LogP contribution is -2.36. The number of nitrogens with two attached hydrogens (primary N) is 4. The van der Waals surface area contributed by atoms with Gasteiger partial charge in [0.1, 0.15) is 29.9 Å². The van der Waals surface area contributed by atoms with E-state index in [0.29, 0.717) is 12.3 Å². The second-order valence-corrected chi connectivity index (χ2v) is 9.86. The van der Waals surface area contributed by atoms with Crippen molar-refractivity contribution in [3.63, 3.8) is 0 Å². The minimum Gasteiger partial charge on any atom is -0.508 e. The number of aromatic nitrogens is 2. The highest BCUT2D eigenvalue weighted by Gasteiger charge is 2.17. The molecular weight excluding hydrogens is 552 g/mol. The zero-order chi connectivity index (χ0) is 33.0. The fourth-order valence-corrected chi connectivity index (χ4v) is 2.80. The number of phenolic OH excluding ortho intramolecular Hbond substituents is 1. The number of imidazole rings is 1. The van der Waals surface area contributed by atoms with Gasteiger partial charge >= 0.3 is 23.9 Å². The molecule has 14 N–H and O–H groups in total. The van der Waals surface area contributed by atoms with E-state index in [1.54, 1.807) is 18.3 Å². The number of rotatable bonds is 12. The fraction of sp³-hybridized carbons (Fsp3) is 0.519. The highest BCUT2D eigenvalue weighted by Crippen LogP contribution is 2.10. The van der Waals surface area contributed by atoms with Crippen LogP contribution in [0.15, 0.2) is 36.8 Å². The molecule has 1 heterocycles. The lowest BCUT2D eigenvalue weighted by molar-refractivity contribution is -0.140. The Morgan fingerprint density at radius 3 is 1.57 bits per heavy atom. The molecule has 0 spiro atoms. The van der Waals surface area contributed by atoms with Gasteiger partial charge in [-0.15, -0.1) is 0 Å². The molecule has 0 amide bonds. The maximum absolute atomic E-state index is 10.4. The topological polar surface area (TPSA) is 302 Å². The van der Waals surface area contributed by atoms with Crippen molar-refractivity contribution in [2.24, 2.45) is 34.8 Å². The monoisotopic (exact) mass is 598 g/mol. The zero-order valence-corrected chi connectivity index (χ0v) is 24.4. The average Bonchev–Trinajstić information content (AvgIpc) is 3.42. The Hall–Kier alpha value is -4.05. The number of aromatic amines is 1. The maximum atomic E-state index is 10.4. The van der Waals surface area contributed by atoms with Crippen LogP contribution < -0.4 is 22.9 Å². The highest BCUT2D eigenvalue weighted by molar-refractivity contribution is 5.74. The number of aromatic hydroxyl groups is 1. The van der Waals surface area contributed by atoms with Crippen molar-refractivity contribution in [3.05, 3.63) is 48.0 Å². The standard InChI is InChI=1S/C9H11NO3.C6H9N3O2.2C6H13NO2/c10-8(9(12)13)5-6-1-3-7(11)4-2-6;7-5(6(10)11)1-4-2-8-3-9-4;1-4(2)3-5(7)6(8)9;1-3-4(2)5(7)6(8)9/h1-4,8,11H,5,10H2,(H,12,13);2-3,5H,1,7H2,(H,8,9)(H,10,11);2*4-5H,3,7H2,1-2H3,(H,8,9). The molecule has 238 valence electrons. The summed E-state index contributed by atoms with van der Waals surface area (Å²) in [6.45, 7) is 7.65. The fourth-order valence-electron chi connectivity index (χ4n) is 2.80. The van der Waals surface area contributed by atoms with Crippen LogP contribution in [0.2, 0.25) is 0 Å². The van der Waals surface area contributed by atoms with E-state index in [9.17, 15) is 19.2 Å². The molecule has 0 bridgehead atoms. The molecule has 15 heteroatoms. The molecule has 5 unspecified atom stereocenters. The molecule has 0 aliphatic heterocycles. The summed E-state index contributed by atoms with van der Waals surface area (Å²) in [5.74, 6) is -3.26. The quantitative estimate of drug-likeness (QED) is 0.160. The molecule has 0 aliphatic rings. The van der Waals surface area contributed by atoms with Crippen LogP contribution in [0.3, 0.4) is 0 Å². The largest absolute Gasteiger partial charge is 0.508 e. The van der Waals surface area contributed by atoms with Crippen LogP contribution in [0.25, 0.3) is 0 Å². The lowest BCUT2D eigenvalue weighted by Gasteiger charge is -2.11. The summed E-state index contributed by atoms with van der Waals surface area (Å²) in [5, 5.41) is 42.6. The first-order valence-corrected chi connectivity index (χ1v) is 13.1. The van der Waals surface area contributed by atoms with Gasteiger partial charge in [-0.1, -0.05) is 46.2 Å². The number of hydrogen-bond donors (Lipinski definition) is 10. The number of aliphatic carboxylic acids is 4. The molecule has 2 rings (SSSR count). The van der Waals surface area contributed by atoms with E-state index < -0.39 is 48.0 Å². The summed E-state index contributed by atoms with van der Waals surface area (Å²) >= 11 is 0. The summed E-state index contributed by atoms with van der Waals surface area (Å²) in [6.07, 6.45) is 4.97. The van der Waals surface area contributed by atoms with Crippen molar-refractivity contribution in [1.29, 1.82) is 0 Å². The maximum Gasteiger partial charge on any atom is 0.320 e. The normalized spacial score (nSPS) is 13.7. The summed E-state index contributed by atoms with van der Waals surface area (Å²) in [7, 11) is 0. The van der Waals surface area contributed by atoms with E-state index >= 15 is 0 Å². The molecule has 0 aliphatic carbocycles. The smallest absolute Gasteiger partial charge is 0.320 e. The number of phenols is 1. The van der Waals surface area contributed by atoms with E-state index in [1.165, 1.54) is 18.5 Å². The second-order valence-electron chi connectivity index (χ2n) is 9.86. The van der Waals surface area contributed by atoms with Gasteiger partial charge in [0, 0.05) is 18.3 Å². The van der Waals surface area contributed by atoms with Crippen molar-refractivity contribution in [3.8, 4) is 5.75 Å². The van der Waals surface area contributed by atoms with Gasteiger partial charge in [-0.25, -0.2) is 4.98 Å². The molecule has 2 aromatic rings. The molecule has 1 aromatic heterocycles. The third kappa shape index (κ3) is 19.9. The first-order valence-electron chi connectivity index (χ1n) is 13.1. The number of carbonyl (C=O) groups is 4. The van der Waals surface area contributed by atoms with Crippen molar-refractivity contribution in [1.82, 2.24) is 9.97 Å². The van der Waals surface area contributed by atoms with Crippen LogP contribution in [0.4, 0.5) is 0 Å². The van der Waals surface area contributed by atoms with Crippen LogP contribution >= 0.6 is 0 Å². The van der Waals surface area contributed by atoms with Gasteiger partial charge in [0.05, 0.1) is 6.33 Å². The summed E-state index contributed by atoms with van der Waals surface area (Å²) in [4.78, 5) is 47.4. The second kappa shape index (κ2) is 21.7. The van der Waals surface area contributed by atoms with Gasteiger partial charge in [-0.2, -0.15) is 0 Å². The van der Waals surface area contributed by atoms with Gasteiger partial charge in [0.15, 0.2) is 0 Å². The van der Waals surface area contributed by atoms with Gasteiger partial charge in [0.2, 0.25) is 0 Å². The number of H-pyrrole nitrogens is 1. The van der Waals surface area contributed by atoms with Crippen LogP contribution in [-0.2, 0) is 32.0 Å². The SMILES string of the molecule is CC(C)CC(N)C(=O)O.CCC(C)C(N)C(=O)O.NC(Cc1ccc(O)cc1)C(=O)O.NC(Cc1cnc[nH]1)C(=O)O. The first-order chi connectivity index (χ1) is 19.4. The number of carboxylic acids is 4. The number of carboxylic acid groups (broad SMARTS) is 4. The number of nitrogens with one attached hydrogen (secondary N) is 1. The Bertz CT molecular complexity index is 1050. The Morgan fingerprint density at radius 2 is 1.26 bits per heavy atom. The van der Waals surface area contributed by atoms with E-state index in [4.69, 9.17) is 48.5 Å². The van der Waals surface area contributed by atoms with E-state index in [0.717, 1.165) is 17.7 Å². The van der Waals surface area contributed by atoms with Gasteiger partial charge in [-0.05, 0) is 42.4 Å². The number of nitrogens with zero attached hydrogens (tertiary/aromatic N) is 1. The molecule has 1 aromatic carbocycles. The Labute approximate surface area is 244 Å². The van der Waals surface area contributed by atoms with E-state index in [1.807, 2.05) is 27.7 Å². The summed E-state index contributed by atoms with van der Waals surface area (Å²) in [6, 6.07) is 3.18. The lowest BCUT2D eigenvalue weighted by atomic mass is 10.0. The third-order valence-corrected chi connectivity index (χ3v) is 5.61. The first kappa shape index (κ1) is 40.1. The average molecular weight is 599 g/mol.